The Labute approximate surface area is 273 Å². The SMILES string of the molecule is COC(=O)/C=C/Oc1ccc(OC)cc1[C@@H]1O[C@@]2(C(=O)N(Cc3ccccc3)c3ccccc32)[C@@H](c2ccc(Br)cc2)[C@@H]1[N+](=O)[O-]. The molecule has 0 N–H and O–H groups in total. The molecule has 0 bridgehead atoms. The molecule has 1 spiro atoms. The topological polar surface area (TPSA) is 117 Å². The lowest BCUT2D eigenvalue weighted by Gasteiger charge is -2.29. The highest BCUT2D eigenvalue weighted by Gasteiger charge is 2.70. The lowest BCUT2D eigenvalue weighted by Crippen LogP contribution is -2.45. The fourth-order valence-corrected chi connectivity index (χ4v) is 6.60. The van der Waals surface area contributed by atoms with Crippen molar-refractivity contribution in [3.05, 3.63) is 146 Å². The van der Waals surface area contributed by atoms with Gasteiger partial charge in [0.25, 0.3) is 11.9 Å². The van der Waals surface area contributed by atoms with Gasteiger partial charge in [-0.25, -0.2) is 4.79 Å². The monoisotopic (exact) mass is 684 g/mol. The van der Waals surface area contributed by atoms with Crippen LogP contribution in [0.2, 0.25) is 0 Å². The standard InChI is InChI=1S/C35H29BrN2O8/c1-43-25-16-17-29(45-19-18-30(39)44-2)26(20-25)33-32(38(41)42)31(23-12-14-24(36)15-13-23)35(46-33)27-10-6-7-11-28(27)37(34(35)40)21-22-8-4-3-5-9-22/h3-20,31-33H,21H2,1-2H3/b19-18+/t31-,32-,33-,35+/m0/s1. The number of hydrogen-bond acceptors (Lipinski definition) is 8. The van der Waals surface area contributed by atoms with E-state index in [9.17, 15) is 19.7 Å². The second-order valence-electron chi connectivity index (χ2n) is 10.8. The molecule has 1 fully saturated rings. The maximum Gasteiger partial charge on any atom is 0.333 e. The summed E-state index contributed by atoms with van der Waals surface area (Å²) in [7, 11) is 2.71. The largest absolute Gasteiger partial charge is 0.497 e. The first-order chi connectivity index (χ1) is 22.3. The molecule has 234 valence electrons. The second kappa shape index (κ2) is 12.8. The summed E-state index contributed by atoms with van der Waals surface area (Å²) >= 11 is 3.46. The van der Waals surface area contributed by atoms with Crippen LogP contribution in [-0.4, -0.2) is 37.1 Å². The molecule has 4 aromatic carbocycles. The highest BCUT2D eigenvalue weighted by molar-refractivity contribution is 9.10. The average molecular weight is 686 g/mol. The van der Waals surface area contributed by atoms with Gasteiger partial charge >= 0.3 is 5.97 Å². The molecule has 46 heavy (non-hydrogen) atoms. The fraction of sp³-hybridized carbons (Fsp3) is 0.200. The van der Waals surface area contributed by atoms with Gasteiger partial charge in [0, 0.05) is 20.5 Å². The normalized spacial score (nSPS) is 21.8. The number of nitro groups is 1. The number of nitrogens with zero attached hydrogens (tertiary/aromatic N) is 2. The number of amides is 1. The predicted molar refractivity (Wildman–Crippen MR) is 172 cm³/mol. The number of para-hydroxylation sites is 1. The highest BCUT2D eigenvalue weighted by atomic mass is 79.9. The Kier molecular flexibility index (Phi) is 8.61. The van der Waals surface area contributed by atoms with Crippen LogP contribution in [0.4, 0.5) is 5.69 Å². The first-order valence-electron chi connectivity index (χ1n) is 14.4. The number of benzene rings is 4. The van der Waals surface area contributed by atoms with Gasteiger partial charge in [0.2, 0.25) is 0 Å². The number of ether oxygens (including phenoxy) is 4. The van der Waals surface area contributed by atoms with Crippen molar-refractivity contribution < 1.29 is 33.5 Å². The average Bonchev–Trinajstić information content (AvgIpc) is 3.55. The molecule has 4 atom stereocenters. The van der Waals surface area contributed by atoms with E-state index in [0.717, 1.165) is 22.4 Å². The maximum absolute atomic E-state index is 14.9. The molecular weight excluding hydrogens is 656 g/mol. The minimum Gasteiger partial charge on any atom is -0.497 e. The molecule has 0 radical (unpaired) electrons. The van der Waals surface area contributed by atoms with Crippen molar-refractivity contribution >= 4 is 33.5 Å². The summed E-state index contributed by atoms with van der Waals surface area (Å²) < 4.78 is 23.6. The zero-order chi connectivity index (χ0) is 32.4. The van der Waals surface area contributed by atoms with Crippen LogP contribution in [0.25, 0.3) is 0 Å². The third-order valence-electron chi connectivity index (χ3n) is 8.34. The van der Waals surface area contributed by atoms with Crippen molar-refractivity contribution in [2.75, 3.05) is 19.1 Å². The van der Waals surface area contributed by atoms with Crippen LogP contribution in [0.1, 0.15) is 34.3 Å². The van der Waals surface area contributed by atoms with Crippen LogP contribution in [0.15, 0.2) is 114 Å². The van der Waals surface area contributed by atoms with Gasteiger partial charge in [-0.3, -0.25) is 14.9 Å². The Morgan fingerprint density at radius 3 is 2.43 bits per heavy atom. The zero-order valence-electron chi connectivity index (χ0n) is 24.9. The summed E-state index contributed by atoms with van der Waals surface area (Å²) in [6, 6.07) is 27.3. The smallest absolute Gasteiger partial charge is 0.333 e. The molecule has 0 unspecified atom stereocenters. The van der Waals surface area contributed by atoms with Crippen molar-refractivity contribution in [1.29, 1.82) is 0 Å². The van der Waals surface area contributed by atoms with Crippen LogP contribution in [-0.2, 0) is 31.2 Å². The Balaban J connectivity index is 1.56. The van der Waals surface area contributed by atoms with Crippen LogP contribution in [0.3, 0.4) is 0 Å². The molecule has 0 aliphatic carbocycles. The first-order valence-corrected chi connectivity index (χ1v) is 15.2. The molecule has 4 aromatic rings. The molecule has 11 heteroatoms. The number of halogens is 1. The third-order valence-corrected chi connectivity index (χ3v) is 8.87. The number of methoxy groups -OCH3 is 2. The number of esters is 1. The number of carbonyl (C=O) groups excluding carboxylic acids is 2. The molecular formula is C35H29BrN2O8. The lowest BCUT2D eigenvalue weighted by atomic mass is 9.75. The lowest BCUT2D eigenvalue weighted by molar-refractivity contribution is -0.531. The fourth-order valence-electron chi connectivity index (χ4n) is 6.34. The summed E-state index contributed by atoms with van der Waals surface area (Å²) in [5.74, 6) is -1.51. The van der Waals surface area contributed by atoms with Crippen molar-refractivity contribution in [2.45, 2.75) is 30.2 Å². The van der Waals surface area contributed by atoms with Crippen molar-refractivity contribution in [1.82, 2.24) is 0 Å². The maximum atomic E-state index is 14.9. The van der Waals surface area contributed by atoms with E-state index in [1.54, 1.807) is 59.5 Å². The summed E-state index contributed by atoms with van der Waals surface area (Å²) in [6.45, 7) is 0.245. The van der Waals surface area contributed by atoms with Crippen molar-refractivity contribution in [3.63, 3.8) is 0 Å². The highest BCUT2D eigenvalue weighted by Crippen LogP contribution is 2.61. The van der Waals surface area contributed by atoms with E-state index < -0.39 is 40.5 Å². The Morgan fingerprint density at radius 2 is 1.74 bits per heavy atom. The molecule has 1 saturated heterocycles. The molecule has 0 saturated carbocycles. The van der Waals surface area contributed by atoms with Crippen molar-refractivity contribution in [3.8, 4) is 11.5 Å². The van der Waals surface area contributed by atoms with Gasteiger partial charge in [-0.2, -0.15) is 0 Å². The molecule has 6 rings (SSSR count). The number of fused-ring (bicyclic) bond motifs is 2. The van der Waals surface area contributed by atoms with E-state index in [1.165, 1.54) is 14.2 Å². The molecule has 1 amide bonds. The summed E-state index contributed by atoms with van der Waals surface area (Å²) in [4.78, 5) is 41.1. The molecule has 2 aliphatic heterocycles. The number of anilines is 1. The first kappa shape index (κ1) is 31.0. The molecule has 0 aromatic heterocycles. The van der Waals surface area contributed by atoms with E-state index in [1.807, 2.05) is 42.5 Å². The Hall–Kier alpha value is -5.00. The van der Waals surface area contributed by atoms with Gasteiger partial charge in [0.15, 0.2) is 11.7 Å². The van der Waals surface area contributed by atoms with Crippen LogP contribution < -0.4 is 14.4 Å². The van der Waals surface area contributed by atoms with E-state index in [0.29, 0.717) is 22.6 Å². The van der Waals surface area contributed by atoms with Crippen LogP contribution in [0.5, 0.6) is 11.5 Å². The van der Waals surface area contributed by atoms with E-state index >= 15 is 0 Å². The third kappa shape index (κ3) is 5.41. The van der Waals surface area contributed by atoms with Gasteiger partial charge in [0.05, 0.1) is 44.7 Å². The van der Waals surface area contributed by atoms with Gasteiger partial charge in [-0.1, -0.05) is 76.6 Å². The van der Waals surface area contributed by atoms with E-state index in [4.69, 9.17) is 14.2 Å². The molecule has 2 heterocycles. The van der Waals surface area contributed by atoms with E-state index in [-0.39, 0.29) is 17.9 Å². The summed E-state index contributed by atoms with van der Waals surface area (Å²) in [5.41, 5.74) is 1.13. The van der Waals surface area contributed by atoms with E-state index in [2.05, 4.69) is 20.7 Å². The number of rotatable bonds is 9. The minimum absolute atomic E-state index is 0.185. The van der Waals surface area contributed by atoms with Gasteiger partial charge < -0.3 is 23.8 Å². The molecule has 10 nitrogen and oxygen atoms in total. The summed E-state index contributed by atoms with van der Waals surface area (Å²) in [6.07, 6.45) is 0.944. The Bertz CT molecular complexity index is 1810. The van der Waals surface area contributed by atoms with Crippen LogP contribution in [0, 0.1) is 10.1 Å². The predicted octanol–water partition coefficient (Wildman–Crippen LogP) is 6.47. The van der Waals surface area contributed by atoms with Crippen LogP contribution >= 0.6 is 15.9 Å². The zero-order valence-corrected chi connectivity index (χ0v) is 26.5. The summed E-state index contributed by atoms with van der Waals surface area (Å²) in [5, 5.41) is 13.2. The van der Waals surface area contributed by atoms with Gasteiger partial charge in [-0.05, 0) is 47.5 Å². The second-order valence-corrected chi connectivity index (χ2v) is 11.7. The quantitative estimate of drug-likeness (QED) is 0.0648. The van der Waals surface area contributed by atoms with Gasteiger partial charge in [-0.15, -0.1) is 0 Å². The van der Waals surface area contributed by atoms with Crippen molar-refractivity contribution in [2.24, 2.45) is 0 Å². The minimum atomic E-state index is -1.76. The molecule has 2 aliphatic rings. The Morgan fingerprint density at radius 1 is 1.02 bits per heavy atom. The number of carbonyl (C=O) groups is 2. The number of hydrogen-bond donors (Lipinski definition) is 0. The van der Waals surface area contributed by atoms with Gasteiger partial charge in [0.1, 0.15) is 11.5 Å².